The SMILES string of the molecule is CN=C(NCCc1c(C)noc1C)N(C)CCc1cccs1. The van der Waals surface area contributed by atoms with Gasteiger partial charge in [0.25, 0.3) is 0 Å². The average molecular weight is 320 g/mol. The molecule has 0 spiro atoms. The predicted molar refractivity (Wildman–Crippen MR) is 91.7 cm³/mol. The van der Waals surface area contributed by atoms with Crippen molar-refractivity contribution in [2.45, 2.75) is 26.7 Å². The summed E-state index contributed by atoms with van der Waals surface area (Å²) >= 11 is 1.80. The standard InChI is InChI=1S/C16H24N4OS/c1-12-15(13(2)21-19-12)7-9-18-16(17-3)20(4)10-8-14-6-5-11-22-14/h5-6,11H,7-10H2,1-4H3,(H,17,18). The fraction of sp³-hybridized carbons (Fsp3) is 0.500. The van der Waals surface area contributed by atoms with Gasteiger partial charge >= 0.3 is 0 Å². The zero-order valence-electron chi connectivity index (χ0n) is 13.7. The summed E-state index contributed by atoms with van der Waals surface area (Å²) in [5.74, 6) is 1.82. The smallest absolute Gasteiger partial charge is 0.193 e. The van der Waals surface area contributed by atoms with Crippen LogP contribution in [-0.4, -0.2) is 43.2 Å². The van der Waals surface area contributed by atoms with E-state index in [1.165, 1.54) is 10.4 Å². The Bertz CT molecular complexity index is 584. The zero-order chi connectivity index (χ0) is 15.9. The number of nitrogens with zero attached hydrogens (tertiary/aromatic N) is 3. The molecule has 2 rings (SSSR count). The number of hydrogen-bond acceptors (Lipinski definition) is 4. The molecule has 22 heavy (non-hydrogen) atoms. The van der Waals surface area contributed by atoms with E-state index in [-0.39, 0.29) is 0 Å². The summed E-state index contributed by atoms with van der Waals surface area (Å²) in [7, 11) is 3.89. The van der Waals surface area contributed by atoms with Gasteiger partial charge in [-0.15, -0.1) is 11.3 Å². The van der Waals surface area contributed by atoms with Gasteiger partial charge in [-0.3, -0.25) is 4.99 Å². The second kappa shape index (κ2) is 7.98. The van der Waals surface area contributed by atoms with Crippen LogP contribution in [0.5, 0.6) is 0 Å². The van der Waals surface area contributed by atoms with Crippen LogP contribution in [0.1, 0.15) is 21.9 Å². The summed E-state index contributed by atoms with van der Waals surface area (Å²) < 4.78 is 5.19. The number of likely N-dealkylation sites (N-methyl/N-ethyl adjacent to an activating group) is 1. The molecule has 0 aliphatic heterocycles. The molecular formula is C16H24N4OS. The maximum Gasteiger partial charge on any atom is 0.193 e. The monoisotopic (exact) mass is 320 g/mol. The Labute approximate surface area is 136 Å². The van der Waals surface area contributed by atoms with Crippen LogP contribution in [0.15, 0.2) is 27.0 Å². The molecular weight excluding hydrogens is 296 g/mol. The van der Waals surface area contributed by atoms with Gasteiger partial charge in [0.15, 0.2) is 5.96 Å². The molecule has 0 radical (unpaired) electrons. The van der Waals surface area contributed by atoms with Crippen LogP contribution in [-0.2, 0) is 12.8 Å². The highest BCUT2D eigenvalue weighted by molar-refractivity contribution is 7.09. The van der Waals surface area contributed by atoms with Crippen LogP contribution in [0.25, 0.3) is 0 Å². The first-order valence-corrected chi connectivity index (χ1v) is 8.35. The van der Waals surface area contributed by atoms with Crippen LogP contribution in [0.2, 0.25) is 0 Å². The van der Waals surface area contributed by atoms with E-state index in [0.29, 0.717) is 0 Å². The molecule has 120 valence electrons. The van der Waals surface area contributed by atoms with Gasteiger partial charge in [0.2, 0.25) is 0 Å². The molecule has 0 saturated heterocycles. The molecule has 2 aromatic heterocycles. The number of thiophene rings is 1. The van der Waals surface area contributed by atoms with Crippen molar-refractivity contribution < 1.29 is 4.52 Å². The quantitative estimate of drug-likeness (QED) is 0.657. The number of guanidine groups is 1. The molecule has 0 atom stereocenters. The van der Waals surface area contributed by atoms with Gasteiger partial charge in [0.05, 0.1) is 5.69 Å². The number of aromatic nitrogens is 1. The molecule has 5 nitrogen and oxygen atoms in total. The number of aryl methyl sites for hydroxylation is 2. The normalized spacial score (nSPS) is 11.7. The molecule has 0 aromatic carbocycles. The largest absolute Gasteiger partial charge is 0.361 e. The van der Waals surface area contributed by atoms with Crippen molar-refractivity contribution in [3.8, 4) is 0 Å². The van der Waals surface area contributed by atoms with Crippen molar-refractivity contribution in [2.75, 3.05) is 27.2 Å². The van der Waals surface area contributed by atoms with E-state index in [9.17, 15) is 0 Å². The Morgan fingerprint density at radius 1 is 1.41 bits per heavy atom. The summed E-state index contributed by atoms with van der Waals surface area (Å²) in [6.07, 6.45) is 1.93. The van der Waals surface area contributed by atoms with E-state index in [2.05, 4.69) is 44.9 Å². The Hall–Kier alpha value is -1.82. The lowest BCUT2D eigenvalue weighted by molar-refractivity contribution is 0.392. The van der Waals surface area contributed by atoms with Crippen molar-refractivity contribution in [1.29, 1.82) is 0 Å². The van der Waals surface area contributed by atoms with Crippen LogP contribution < -0.4 is 5.32 Å². The first-order valence-electron chi connectivity index (χ1n) is 7.47. The molecule has 0 fully saturated rings. The van der Waals surface area contributed by atoms with Gasteiger partial charge in [0.1, 0.15) is 5.76 Å². The van der Waals surface area contributed by atoms with E-state index >= 15 is 0 Å². The van der Waals surface area contributed by atoms with E-state index in [4.69, 9.17) is 4.52 Å². The molecule has 2 heterocycles. The summed E-state index contributed by atoms with van der Waals surface area (Å²) in [6, 6.07) is 4.27. The predicted octanol–water partition coefficient (Wildman–Crippen LogP) is 2.65. The Morgan fingerprint density at radius 3 is 2.82 bits per heavy atom. The minimum absolute atomic E-state index is 0.818. The first-order chi connectivity index (χ1) is 10.6. The molecule has 6 heteroatoms. The molecule has 2 aromatic rings. The van der Waals surface area contributed by atoms with Crippen molar-refractivity contribution >= 4 is 17.3 Å². The van der Waals surface area contributed by atoms with E-state index in [0.717, 1.165) is 43.3 Å². The van der Waals surface area contributed by atoms with Crippen LogP contribution in [0, 0.1) is 13.8 Å². The van der Waals surface area contributed by atoms with Gasteiger partial charge in [-0.25, -0.2) is 0 Å². The first kappa shape index (κ1) is 16.5. The average Bonchev–Trinajstić information content (AvgIpc) is 3.13. The molecule has 0 bridgehead atoms. The lowest BCUT2D eigenvalue weighted by atomic mass is 10.1. The van der Waals surface area contributed by atoms with Gasteiger partial charge < -0.3 is 14.7 Å². The topological polar surface area (TPSA) is 53.7 Å². The fourth-order valence-electron chi connectivity index (χ4n) is 2.38. The second-order valence-electron chi connectivity index (χ2n) is 5.28. The number of hydrogen-bond donors (Lipinski definition) is 1. The summed E-state index contributed by atoms with van der Waals surface area (Å²) in [5.41, 5.74) is 2.16. The third kappa shape index (κ3) is 4.34. The van der Waals surface area contributed by atoms with E-state index in [1.807, 2.05) is 20.9 Å². The van der Waals surface area contributed by atoms with E-state index in [1.54, 1.807) is 11.3 Å². The second-order valence-corrected chi connectivity index (χ2v) is 6.31. The van der Waals surface area contributed by atoms with E-state index < -0.39 is 0 Å². The van der Waals surface area contributed by atoms with Crippen LogP contribution in [0.4, 0.5) is 0 Å². The Morgan fingerprint density at radius 2 is 2.23 bits per heavy atom. The molecule has 0 aliphatic carbocycles. The maximum absolute atomic E-state index is 5.19. The van der Waals surface area contributed by atoms with Crippen LogP contribution >= 0.6 is 11.3 Å². The fourth-order valence-corrected chi connectivity index (χ4v) is 3.08. The lowest BCUT2D eigenvalue weighted by Crippen LogP contribution is -2.40. The maximum atomic E-state index is 5.19. The zero-order valence-corrected chi connectivity index (χ0v) is 14.5. The number of aliphatic imine (C=N–C) groups is 1. The van der Waals surface area contributed by atoms with Gasteiger partial charge in [-0.2, -0.15) is 0 Å². The number of nitrogens with one attached hydrogen (secondary N) is 1. The van der Waals surface area contributed by atoms with Crippen molar-refractivity contribution in [3.05, 3.63) is 39.4 Å². The highest BCUT2D eigenvalue weighted by Gasteiger charge is 2.10. The highest BCUT2D eigenvalue weighted by atomic mass is 32.1. The minimum Gasteiger partial charge on any atom is -0.361 e. The molecule has 0 aliphatic rings. The van der Waals surface area contributed by atoms with Crippen molar-refractivity contribution in [3.63, 3.8) is 0 Å². The lowest BCUT2D eigenvalue weighted by Gasteiger charge is -2.21. The van der Waals surface area contributed by atoms with Crippen LogP contribution in [0.3, 0.4) is 0 Å². The molecule has 0 saturated carbocycles. The summed E-state index contributed by atoms with van der Waals surface area (Å²) in [4.78, 5) is 7.91. The van der Waals surface area contributed by atoms with Crippen molar-refractivity contribution in [2.24, 2.45) is 4.99 Å². The molecule has 0 amide bonds. The van der Waals surface area contributed by atoms with Gasteiger partial charge in [-0.1, -0.05) is 11.2 Å². The Balaban J connectivity index is 1.79. The molecule has 1 N–H and O–H groups in total. The number of rotatable bonds is 6. The minimum atomic E-state index is 0.818. The third-order valence-electron chi connectivity index (χ3n) is 3.69. The van der Waals surface area contributed by atoms with Crippen molar-refractivity contribution in [1.82, 2.24) is 15.4 Å². The highest BCUT2D eigenvalue weighted by Crippen LogP contribution is 2.12. The Kier molecular flexibility index (Phi) is 6.00. The molecule has 0 unspecified atom stereocenters. The van der Waals surface area contributed by atoms with Gasteiger partial charge in [0, 0.05) is 37.6 Å². The third-order valence-corrected chi connectivity index (χ3v) is 4.62. The summed E-state index contributed by atoms with van der Waals surface area (Å²) in [5, 5.41) is 9.50. The van der Waals surface area contributed by atoms with Gasteiger partial charge in [-0.05, 0) is 38.1 Å². The summed E-state index contributed by atoms with van der Waals surface area (Å²) in [6.45, 7) is 5.70.